The van der Waals surface area contributed by atoms with Crippen LogP contribution in [0.5, 0.6) is 0 Å². The van der Waals surface area contributed by atoms with Crippen LogP contribution in [0.1, 0.15) is 5.56 Å². The number of nitrogens with one attached hydrogen (secondary N) is 1. The fourth-order valence-electron chi connectivity index (χ4n) is 1.55. The van der Waals surface area contributed by atoms with Gasteiger partial charge < -0.3 is 11.1 Å². The molecular weight excluding hydrogens is 296 g/mol. The summed E-state index contributed by atoms with van der Waals surface area (Å²) in [5.41, 5.74) is 7.30. The van der Waals surface area contributed by atoms with Gasteiger partial charge in [0.2, 0.25) is 5.91 Å². The molecule has 6 heteroatoms. The summed E-state index contributed by atoms with van der Waals surface area (Å²) in [5, 5.41) is 6.78. The van der Waals surface area contributed by atoms with Gasteiger partial charge in [0.15, 0.2) is 0 Å². The van der Waals surface area contributed by atoms with Gasteiger partial charge in [0.05, 0.1) is 5.69 Å². The first-order chi connectivity index (χ1) is 8.56. The number of rotatable bonds is 3. The molecule has 2 rings (SSSR count). The summed E-state index contributed by atoms with van der Waals surface area (Å²) in [6.07, 6.45) is 1.67. The molecule has 0 aliphatic rings. The van der Waals surface area contributed by atoms with Crippen LogP contribution in [-0.4, -0.2) is 15.7 Å². The maximum absolute atomic E-state index is 11.8. The molecule has 94 valence electrons. The summed E-state index contributed by atoms with van der Waals surface area (Å²) in [6.45, 7) is 2.10. The van der Waals surface area contributed by atoms with Gasteiger partial charge in [-0.3, -0.25) is 9.48 Å². The van der Waals surface area contributed by atoms with Crippen LogP contribution in [0.15, 0.2) is 34.9 Å². The summed E-state index contributed by atoms with van der Waals surface area (Å²) in [5.74, 6) is 0.254. The first-order valence-electron chi connectivity index (χ1n) is 5.40. The number of amides is 1. The van der Waals surface area contributed by atoms with Crippen molar-refractivity contribution < 1.29 is 4.79 Å². The highest BCUT2D eigenvalue weighted by Crippen LogP contribution is 2.25. The van der Waals surface area contributed by atoms with E-state index in [4.69, 9.17) is 5.73 Å². The zero-order chi connectivity index (χ0) is 13.1. The van der Waals surface area contributed by atoms with Gasteiger partial charge in [-0.05, 0) is 40.5 Å². The highest BCUT2D eigenvalue weighted by atomic mass is 79.9. The molecule has 1 amide bonds. The van der Waals surface area contributed by atoms with Gasteiger partial charge in [-0.25, -0.2) is 0 Å². The second-order valence-electron chi connectivity index (χ2n) is 3.92. The number of nitrogen functional groups attached to an aromatic ring is 1. The van der Waals surface area contributed by atoms with Crippen molar-refractivity contribution in [2.75, 3.05) is 11.1 Å². The smallest absolute Gasteiger partial charge is 0.246 e. The molecule has 0 aliphatic carbocycles. The summed E-state index contributed by atoms with van der Waals surface area (Å²) in [4.78, 5) is 11.8. The molecule has 0 fully saturated rings. The van der Waals surface area contributed by atoms with Crippen molar-refractivity contribution in [3.8, 4) is 0 Å². The third-order valence-corrected chi connectivity index (χ3v) is 3.49. The van der Waals surface area contributed by atoms with E-state index in [0.717, 1.165) is 15.7 Å². The van der Waals surface area contributed by atoms with Crippen LogP contribution in [0.25, 0.3) is 0 Å². The number of aromatic nitrogens is 2. The Morgan fingerprint density at radius 3 is 2.94 bits per heavy atom. The first-order valence-corrected chi connectivity index (χ1v) is 6.19. The summed E-state index contributed by atoms with van der Waals surface area (Å²) < 4.78 is 2.38. The minimum Gasteiger partial charge on any atom is -0.382 e. The molecule has 1 heterocycles. The highest BCUT2D eigenvalue weighted by Gasteiger charge is 2.08. The van der Waals surface area contributed by atoms with Crippen molar-refractivity contribution in [2.24, 2.45) is 0 Å². The van der Waals surface area contributed by atoms with E-state index < -0.39 is 0 Å². The van der Waals surface area contributed by atoms with Gasteiger partial charge in [0, 0.05) is 10.7 Å². The van der Waals surface area contributed by atoms with Crippen LogP contribution in [-0.2, 0) is 11.3 Å². The number of benzene rings is 1. The monoisotopic (exact) mass is 308 g/mol. The van der Waals surface area contributed by atoms with Crippen LogP contribution < -0.4 is 11.1 Å². The molecule has 0 unspecified atom stereocenters. The molecule has 1 aromatic heterocycles. The Hall–Kier alpha value is -1.82. The lowest BCUT2D eigenvalue weighted by molar-refractivity contribution is -0.116. The van der Waals surface area contributed by atoms with Crippen LogP contribution in [0.3, 0.4) is 0 Å². The minimum absolute atomic E-state index is 0.136. The molecular formula is C12H13BrN4O. The molecule has 18 heavy (non-hydrogen) atoms. The van der Waals surface area contributed by atoms with E-state index in [1.54, 1.807) is 12.3 Å². The van der Waals surface area contributed by atoms with Crippen molar-refractivity contribution in [2.45, 2.75) is 13.5 Å². The Morgan fingerprint density at radius 1 is 1.50 bits per heavy atom. The number of nitrogens with zero attached hydrogens (tertiary/aromatic N) is 2. The van der Waals surface area contributed by atoms with Crippen molar-refractivity contribution in [1.29, 1.82) is 0 Å². The topological polar surface area (TPSA) is 72.9 Å². The number of hydrogen-bond donors (Lipinski definition) is 2. The summed E-state index contributed by atoms with van der Waals surface area (Å²) in [6, 6.07) is 7.35. The molecule has 1 aromatic carbocycles. The van der Waals surface area contributed by atoms with E-state index in [2.05, 4.69) is 26.3 Å². The Kier molecular flexibility index (Phi) is 3.66. The molecule has 3 N–H and O–H groups in total. The van der Waals surface area contributed by atoms with Crippen LogP contribution in [0, 0.1) is 6.92 Å². The lowest BCUT2D eigenvalue weighted by atomic mass is 10.2. The molecule has 0 atom stereocenters. The maximum atomic E-state index is 11.8. The van der Waals surface area contributed by atoms with Crippen LogP contribution >= 0.6 is 15.9 Å². The van der Waals surface area contributed by atoms with Gasteiger partial charge in [-0.1, -0.05) is 12.1 Å². The Balaban J connectivity index is 2.05. The number of halogens is 1. The first kappa shape index (κ1) is 12.6. The molecule has 2 aromatic rings. The Bertz CT molecular complexity index is 579. The average Bonchev–Trinajstić information content (AvgIpc) is 2.70. The molecule has 0 aliphatic heterocycles. The van der Waals surface area contributed by atoms with E-state index in [-0.39, 0.29) is 12.5 Å². The van der Waals surface area contributed by atoms with Crippen LogP contribution in [0.4, 0.5) is 11.5 Å². The van der Waals surface area contributed by atoms with Crippen LogP contribution in [0.2, 0.25) is 0 Å². The molecule has 0 saturated carbocycles. The van der Waals surface area contributed by atoms with Gasteiger partial charge >= 0.3 is 0 Å². The zero-order valence-electron chi connectivity index (χ0n) is 9.85. The molecule has 5 nitrogen and oxygen atoms in total. The quantitative estimate of drug-likeness (QED) is 0.912. The van der Waals surface area contributed by atoms with Gasteiger partial charge in [-0.15, -0.1) is 0 Å². The highest BCUT2D eigenvalue weighted by molar-refractivity contribution is 9.10. The standard InChI is InChI=1S/C12H13BrN4O/c1-8-3-2-4-9(12(8)13)15-11(18)7-17-6-5-10(14)16-17/h2-6H,7H2,1H3,(H2,14,16)(H,15,18). The molecule has 0 spiro atoms. The van der Waals surface area contributed by atoms with Crippen molar-refractivity contribution in [3.05, 3.63) is 40.5 Å². The van der Waals surface area contributed by atoms with Gasteiger partial charge in [0.25, 0.3) is 0 Å². The average molecular weight is 309 g/mol. The van der Waals surface area contributed by atoms with Crippen molar-refractivity contribution >= 4 is 33.3 Å². The van der Waals surface area contributed by atoms with E-state index in [9.17, 15) is 4.79 Å². The summed E-state index contributed by atoms with van der Waals surface area (Å²) in [7, 11) is 0. The molecule has 0 radical (unpaired) electrons. The van der Waals surface area contributed by atoms with Crippen molar-refractivity contribution in [3.63, 3.8) is 0 Å². The maximum Gasteiger partial charge on any atom is 0.246 e. The van der Waals surface area contributed by atoms with E-state index in [0.29, 0.717) is 5.82 Å². The van der Waals surface area contributed by atoms with E-state index in [1.807, 2.05) is 25.1 Å². The minimum atomic E-state index is -0.149. The fraction of sp³-hybridized carbons (Fsp3) is 0.167. The Labute approximate surface area is 113 Å². The van der Waals surface area contributed by atoms with Gasteiger partial charge in [0.1, 0.15) is 12.4 Å². The number of hydrogen-bond acceptors (Lipinski definition) is 3. The number of anilines is 2. The fourth-order valence-corrected chi connectivity index (χ4v) is 1.91. The van der Waals surface area contributed by atoms with Gasteiger partial charge in [-0.2, -0.15) is 5.10 Å². The normalized spacial score (nSPS) is 10.3. The molecule has 0 saturated heterocycles. The number of aryl methyl sites for hydroxylation is 1. The second-order valence-corrected chi connectivity index (χ2v) is 4.72. The lowest BCUT2D eigenvalue weighted by Gasteiger charge is -2.09. The zero-order valence-corrected chi connectivity index (χ0v) is 11.4. The number of carbonyl (C=O) groups excluding carboxylic acids is 1. The van der Waals surface area contributed by atoms with E-state index >= 15 is 0 Å². The number of nitrogens with two attached hydrogens (primary N) is 1. The third kappa shape index (κ3) is 2.89. The third-order valence-electron chi connectivity index (χ3n) is 2.43. The predicted molar refractivity (Wildman–Crippen MR) is 74.1 cm³/mol. The van der Waals surface area contributed by atoms with Crippen molar-refractivity contribution in [1.82, 2.24) is 9.78 Å². The SMILES string of the molecule is Cc1cccc(NC(=O)Cn2ccc(N)n2)c1Br. The lowest BCUT2D eigenvalue weighted by Crippen LogP contribution is -2.19. The predicted octanol–water partition coefficient (Wildman–Crippen LogP) is 2.17. The van der Waals surface area contributed by atoms with E-state index in [1.165, 1.54) is 4.68 Å². The second kappa shape index (κ2) is 5.22. The summed E-state index contributed by atoms with van der Waals surface area (Å²) >= 11 is 3.44. The molecule has 0 bridgehead atoms. The Morgan fingerprint density at radius 2 is 2.28 bits per heavy atom. The largest absolute Gasteiger partial charge is 0.382 e. The number of carbonyl (C=O) groups is 1.